The molecule has 0 saturated carbocycles. The number of hydrogen-bond donors (Lipinski definition) is 0. The summed E-state index contributed by atoms with van der Waals surface area (Å²) in [5.41, 5.74) is 0.159. The average molecular weight is 334 g/mol. The van der Waals surface area contributed by atoms with Gasteiger partial charge in [-0.1, -0.05) is 6.92 Å². The zero-order valence-electron chi connectivity index (χ0n) is 13.6. The van der Waals surface area contributed by atoms with Gasteiger partial charge in [0.2, 0.25) is 5.91 Å². The molecular formula is C18H20F2N2O2. The summed E-state index contributed by atoms with van der Waals surface area (Å²) in [6.45, 7) is 3.76. The van der Waals surface area contributed by atoms with Gasteiger partial charge in [0.25, 0.3) is 0 Å². The average Bonchev–Trinajstić information content (AvgIpc) is 3.01. The Morgan fingerprint density at radius 3 is 3.00 bits per heavy atom. The first-order chi connectivity index (χ1) is 11.5. The van der Waals surface area contributed by atoms with Gasteiger partial charge < -0.3 is 9.32 Å². The van der Waals surface area contributed by atoms with Crippen LogP contribution in [-0.2, 0) is 11.2 Å². The van der Waals surface area contributed by atoms with Crippen molar-refractivity contribution >= 4 is 5.91 Å². The number of carbonyl (C=O) groups is 1. The summed E-state index contributed by atoms with van der Waals surface area (Å²) < 4.78 is 32.2. The molecule has 0 unspecified atom stereocenters. The number of aryl methyl sites for hydroxylation is 1. The number of halogens is 2. The molecule has 128 valence electrons. The SMILES string of the molecule is C[C@H]1CCCN(C(=O)CCc2ncc(-c3ccc(F)cc3F)o2)C1. The van der Waals surface area contributed by atoms with Crippen LogP contribution in [0.2, 0.25) is 0 Å². The Morgan fingerprint density at radius 1 is 1.42 bits per heavy atom. The molecule has 1 aliphatic heterocycles. The van der Waals surface area contributed by atoms with Crippen LogP contribution in [-0.4, -0.2) is 28.9 Å². The molecule has 3 rings (SSSR count). The monoisotopic (exact) mass is 334 g/mol. The third-order valence-electron chi connectivity index (χ3n) is 4.31. The molecule has 0 aliphatic carbocycles. The van der Waals surface area contributed by atoms with E-state index in [-0.39, 0.29) is 17.2 Å². The van der Waals surface area contributed by atoms with Crippen molar-refractivity contribution in [2.24, 2.45) is 5.92 Å². The maximum absolute atomic E-state index is 13.8. The second-order valence-electron chi connectivity index (χ2n) is 6.33. The third kappa shape index (κ3) is 3.80. The molecule has 1 aromatic carbocycles. The molecule has 1 fully saturated rings. The van der Waals surface area contributed by atoms with Gasteiger partial charge in [-0.2, -0.15) is 0 Å². The Labute approximate surface area is 139 Å². The summed E-state index contributed by atoms with van der Waals surface area (Å²) in [5.74, 6) is -0.0890. The van der Waals surface area contributed by atoms with Gasteiger partial charge in [0.1, 0.15) is 11.6 Å². The van der Waals surface area contributed by atoms with E-state index in [0.29, 0.717) is 24.7 Å². The minimum atomic E-state index is -0.698. The van der Waals surface area contributed by atoms with Gasteiger partial charge in [-0.25, -0.2) is 13.8 Å². The van der Waals surface area contributed by atoms with E-state index in [1.54, 1.807) is 0 Å². The lowest BCUT2D eigenvalue weighted by molar-refractivity contribution is -0.132. The van der Waals surface area contributed by atoms with Gasteiger partial charge in [-0.3, -0.25) is 4.79 Å². The van der Waals surface area contributed by atoms with Crippen molar-refractivity contribution in [2.45, 2.75) is 32.6 Å². The Balaban J connectivity index is 1.61. The Kier molecular flexibility index (Phi) is 4.92. The number of hydrogen-bond acceptors (Lipinski definition) is 3. The first-order valence-electron chi connectivity index (χ1n) is 8.21. The van der Waals surface area contributed by atoms with E-state index < -0.39 is 11.6 Å². The van der Waals surface area contributed by atoms with Crippen LogP contribution in [0.1, 0.15) is 32.1 Å². The number of benzene rings is 1. The molecule has 1 amide bonds. The van der Waals surface area contributed by atoms with Crippen LogP contribution in [0.15, 0.2) is 28.8 Å². The quantitative estimate of drug-likeness (QED) is 0.854. The van der Waals surface area contributed by atoms with E-state index >= 15 is 0 Å². The molecule has 2 heterocycles. The fourth-order valence-electron chi connectivity index (χ4n) is 3.03. The molecular weight excluding hydrogens is 314 g/mol. The van der Waals surface area contributed by atoms with Crippen molar-refractivity contribution in [1.29, 1.82) is 0 Å². The van der Waals surface area contributed by atoms with E-state index in [0.717, 1.165) is 32.0 Å². The fraction of sp³-hybridized carbons (Fsp3) is 0.444. The maximum atomic E-state index is 13.8. The van der Waals surface area contributed by atoms with Crippen LogP contribution >= 0.6 is 0 Å². The highest BCUT2D eigenvalue weighted by atomic mass is 19.1. The van der Waals surface area contributed by atoms with Crippen molar-refractivity contribution in [2.75, 3.05) is 13.1 Å². The van der Waals surface area contributed by atoms with Gasteiger partial charge in [0.05, 0.1) is 11.8 Å². The lowest BCUT2D eigenvalue weighted by Gasteiger charge is -2.30. The van der Waals surface area contributed by atoms with Crippen LogP contribution in [0, 0.1) is 17.6 Å². The zero-order chi connectivity index (χ0) is 17.1. The molecule has 4 nitrogen and oxygen atoms in total. The summed E-state index contributed by atoms with van der Waals surface area (Å²) in [6, 6.07) is 3.29. The molecule has 6 heteroatoms. The zero-order valence-corrected chi connectivity index (χ0v) is 13.6. The molecule has 0 bridgehead atoms. The third-order valence-corrected chi connectivity index (χ3v) is 4.31. The largest absolute Gasteiger partial charge is 0.441 e. The number of likely N-dealkylation sites (tertiary alicyclic amines) is 1. The first kappa shape index (κ1) is 16.6. The number of oxazole rings is 1. The second kappa shape index (κ2) is 7.11. The minimum absolute atomic E-state index is 0.0919. The molecule has 1 saturated heterocycles. The molecule has 1 atom stereocenters. The van der Waals surface area contributed by atoms with Crippen LogP contribution in [0.3, 0.4) is 0 Å². The van der Waals surface area contributed by atoms with Gasteiger partial charge in [-0.05, 0) is 30.9 Å². The number of amides is 1. The minimum Gasteiger partial charge on any atom is -0.441 e. The summed E-state index contributed by atoms with van der Waals surface area (Å²) in [6.07, 6.45) is 4.29. The predicted octanol–water partition coefficient (Wildman–Crippen LogP) is 3.81. The lowest BCUT2D eigenvalue weighted by Crippen LogP contribution is -2.39. The number of piperidine rings is 1. The standard InChI is InChI=1S/C18H20F2N2O2/c1-12-3-2-8-22(11-12)18(23)7-6-17-21-10-16(24-17)14-5-4-13(19)9-15(14)20/h4-5,9-10,12H,2-3,6-8,11H2,1H3/t12-/m0/s1. The van der Waals surface area contributed by atoms with E-state index in [1.807, 2.05) is 4.90 Å². The van der Waals surface area contributed by atoms with Crippen LogP contribution in [0.5, 0.6) is 0 Å². The summed E-state index contributed by atoms with van der Waals surface area (Å²) in [7, 11) is 0. The fourth-order valence-corrected chi connectivity index (χ4v) is 3.03. The summed E-state index contributed by atoms with van der Waals surface area (Å²) in [5, 5.41) is 0. The van der Waals surface area contributed by atoms with E-state index in [4.69, 9.17) is 4.42 Å². The smallest absolute Gasteiger partial charge is 0.223 e. The van der Waals surface area contributed by atoms with Gasteiger partial charge in [-0.15, -0.1) is 0 Å². The van der Waals surface area contributed by atoms with Crippen LogP contribution in [0.25, 0.3) is 11.3 Å². The van der Waals surface area contributed by atoms with Gasteiger partial charge >= 0.3 is 0 Å². The molecule has 1 aliphatic rings. The number of carbonyl (C=O) groups excluding carboxylic acids is 1. The second-order valence-corrected chi connectivity index (χ2v) is 6.33. The highest BCUT2D eigenvalue weighted by Gasteiger charge is 2.21. The predicted molar refractivity (Wildman–Crippen MR) is 85.2 cm³/mol. The molecule has 0 spiro atoms. The topological polar surface area (TPSA) is 46.3 Å². The molecule has 2 aromatic rings. The van der Waals surface area contributed by atoms with E-state index in [1.165, 1.54) is 18.3 Å². The highest BCUT2D eigenvalue weighted by Crippen LogP contribution is 2.25. The number of aromatic nitrogens is 1. The highest BCUT2D eigenvalue weighted by molar-refractivity contribution is 5.76. The summed E-state index contributed by atoms with van der Waals surface area (Å²) >= 11 is 0. The van der Waals surface area contributed by atoms with Crippen molar-refractivity contribution in [1.82, 2.24) is 9.88 Å². The molecule has 1 aromatic heterocycles. The van der Waals surface area contributed by atoms with E-state index in [9.17, 15) is 13.6 Å². The molecule has 24 heavy (non-hydrogen) atoms. The summed E-state index contributed by atoms with van der Waals surface area (Å²) in [4.78, 5) is 18.2. The van der Waals surface area contributed by atoms with Crippen molar-refractivity contribution in [3.63, 3.8) is 0 Å². The number of nitrogens with zero attached hydrogens (tertiary/aromatic N) is 2. The van der Waals surface area contributed by atoms with E-state index in [2.05, 4.69) is 11.9 Å². The van der Waals surface area contributed by atoms with Crippen LogP contribution in [0.4, 0.5) is 8.78 Å². The Morgan fingerprint density at radius 2 is 2.25 bits per heavy atom. The van der Waals surface area contributed by atoms with Crippen molar-refractivity contribution in [3.05, 3.63) is 41.9 Å². The molecule has 0 radical (unpaired) electrons. The van der Waals surface area contributed by atoms with Crippen molar-refractivity contribution in [3.8, 4) is 11.3 Å². The molecule has 0 N–H and O–H groups in total. The first-order valence-corrected chi connectivity index (χ1v) is 8.21. The normalized spacial score (nSPS) is 18.0. The van der Waals surface area contributed by atoms with Crippen LogP contribution < -0.4 is 0 Å². The maximum Gasteiger partial charge on any atom is 0.223 e. The number of rotatable bonds is 4. The van der Waals surface area contributed by atoms with Crippen molar-refractivity contribution < 1.29 is 18.0 Å². The van der Waals surface area contributed by atoms with Gasteiger partial charge in [0, 0.05) is 32.0 Å². The van der Waals surface area contributed by atoms with Gasteiger partial charge in [0.15, 0.2) is 11.7 Å². The Bertz CT molecular complexity index is 730. The Hall–Kier alpha value is -2.24. The lowest BCUT2D eigenvalue weighted by atomic mass is 10.00.